The molecule has 0 aromatic heterocycles. The van der Waals surface area contributed by atoms with Crippen LogP contribution in [0, 0.1) is 5.82 Å². The van der Waals surface area contributed by atoms with Crippen LogP contribution in [0.1, 0.15) is 11.1 Å². The number of halogens is 1. The third-order valence-electron chi connectivity index (χ3n) is 4.69. The van der Waals surface area contributed by atoms with Gasteiger partial charge in [-0.15, -0.1) is 0 Å². The molecule has 1 N–H and O–H groups in total. The summed E-state index contributed by atoms with van der Waals surface area (Å²) in [5.41, 5.74) is 2.17. The van der Waals surface area contributed by atoms with Crippen LogP contribution < -0.4 is 14.4 Å². The van der Waals surface area contributed by atoms with Gasteiger partial charge in [0.25, 0.3) is 5.91 Å². The highest BCUT2D eigenvalue weighted by molar-refractivity contribution is 8.27. The molecule has 0 saturated carbocycles. The van der Waals surface area contributed by atoms with Crippen LogP contribution in [0.15, 0.2) is 71.6 Å². The Morgan fingerprint density at radius 3 is 2.47 bits per heavy atom. The van der Waals surface area contributed by atoms with E-state index in [4.69, 9.17) is 21.7 Å². The van der Waals surface area contributed by atoms with Crippen molar-refractivity contribution in [2.24, 2.45) is 0 Å². The molecule has 1 aliphatic rings. The zero-order valence-electron chi connectivity index (χ0n) is 16.9. The van der Waals surface area contributed by atoms with Gasteiger partial charge >= 0.3 is 0 Å². The topological polar surface area (TPSA) is 59.0 Å². The number of aromatic hydroxyl groups is 1. The van der Waals surface area contributed by atoms with Gasteiger partial charge in [0.15, 0.2) is 15.8 Å². The first-order valence-corrected chi connectivity index (χ1v) is 10.8. The number of carbonyl (C=O) groups excluding carboxylic acids is 1. The fourth-order valence-corrected chi connectivity index (χ4v) is 4.38. The Morgan fingerprint density at radius 2 is 1.78 bits per heavy atom. The molecule has 162 valence electrons. The predicted octanol–water partition coefficient (Wildman–Crippen LogP) is 5.52. The summed E-state index contributed by atoms with van der Waals surface area (Å²) in [6.45, 7) is 0.265. The molecule has 1 saturated heterocycles. The van der Waals surface area contributed by atoms with Crippen LogP contribution in [0.25, 0.3) is 6.08 Å². The highest BCUT2D eigenvalue weighted by Gasteiger charge is 2.33. The summed E-state index contributed by atoms with van der Waals surface area (Å²) in [4.78, 5) is 14.8. The summed E-state index contributed by atoms with van der Waals surface area (Å²) in [5, 5.41) is 9.47. The third kappa shape index (κ3) is 4.76. The van der Waals surface area contributed by atoms with E-state index < -0.39 is 0 Å². The predicted molar refractivity (Wildman–Crippen MR) is 127 cm³/mol. The van der Waals surface area contributed by atoms with E-state index in [0.717, 1.165) is 11.1 Å². The molecule has 1 aliphatic heterocycles. The summed E-state index contributed by atoms with van der Waals surface area (Å²) in [6, 6.07) is 17.7. The van der Waals surface area contributed by atoms with Crippen LogP contribution in [0.4, 0.5) is 10.1 Å². The molecule has 4 rings (SSSR count). The fraction of sp³-hybridized carbons (Fsp3) is 0.0833. The minimum atomic E-state index is -0.300. The quantitative estimate of drug-likeness (QED) is 0.380. The van der Waals surface area contributed by atoms with E-state index in [0.29, 0.717) is 26.4 Å². The number of hydrogen-bond donors (Lipinski definition) is 1. The van der Waals surface area contributed by atoms with Gasteiger partial charge in [-0.1, -0.05) is 42.2 Å². The van der Waals surface area contributed by atoms with E-state index in [1.807, 2.05) is 6.07 Å². The van der Waals surface area contributed by atoms with E-state index in [1.165, 1.54) is 48.0 Å². The lowest BCUT2D eigenvalue weighted by Gasteiger charge is -2.14. The zero-order chi connectivity index (χ0) is 22.7. The van der Waals surface area contributed by atoms with Crippen molar-refractivity contribution in [3.8, 4) is 17.2 Å². The van der Waals surface area contributed by atoms with Crippen LogP contribution in [-0.4, -0.2) is 22.4 Å². The number of methoxy groups -OCH3 is 1. The maximum absolute atomic E-state index is 13.1. The first-order valence-electron chi connectivity index (χ1n) is 9.57. The van der Waals surface area contributed by atoms with E-state index in [2.05, 4.69) is 0 Å². The summed E-state index contributed by atoms with van der Waals surface area (Å²) in [6.07, 6.45) is 1.74. The first-order chi connectivity index (χ1) is 15.4. The maximum Gasteiger partial charge on any atom is 0.270 e. The van der Waals surface area contributed by atoms with Gasteiger partial charge in [-0.2, -0.15) is 0 Å². The van der Waals surface area contributed by atoms with Crippen LogP contribution in [0.3, 0.4) is 0 Å². The Kier molecular flexibility index (Phi) is 6.43. The second-order valence-corrected chi connectivity index (χ2v) is 8.53. The van der Waals surface area contributed by atoms with Gasteiger partial charge in [0.1, 0.15) is 18.2 Å². The van der Waals surface area contributed by atoms with Crippen molar-refractivity contribution >= 4 is 46.0 Å². The highest BCUT2D eigenvalue weighted by Crippen LogP contribution is 2.37. The molecule has 5 nitrogen and oxygen atoms in total. The van der Waals surface area contributed by atoms with Crippen molar-refractivity contribution < 1.29 is 23.8 Å². The molecule has 0 unspecified atom stereocenters. The molecule has 3 aromatic carbocycles. The van der Waals surface area contributed by atoms with Crippen molar-refractivity contribution in [1.29, 1.82) is 0 Å². The van der Waals surface area contributed by atoms with Crippen molar-refractivity contribution in [1.82, 2.24) is 0 Å². The Bertz CT molecular complexity index is 1190. The minimum absolute atomic E-state index is 0.114. The maximum atomic E-state index is 13.1. The first kappa shape index (κ1) is 21.9. The summed E-state index contributed by atoms with van der Waals surface area (Å²) in [5.74, 6) is 0.622. The van der Waals surface area contributed by atoms with E-state index in [-0.39, 0.29) is 24.1 Å². The van der Waals surface area contributed by atoms with Gasteiger partial charge in [0, 0.05) is 0 Å². The number of nitrogens with zero attached hydrogens (tertiary/aromatic N) is 1. The van der Waals surface area contributed by atoms with Gasteiger partial charge in [-0.25, -0.2) is 4.39 Å². The number of phenolic OH excluding ortho intramolecular Hbond substituents is 1. The summed E-state index contributed by atoms with van der Waals surface area (Å²) >= 11 is 6.59. The molecular formula is C24H18FNO4S2. The number of thioether (sulfide) groups is 1. The summed E-state index contributed by atoms with van der Waals surface area (Å²) < 4.78 is 24.7. The normalized spacial score (nSPS) is 14.8. The lowest BCUT2D eigenvalue weighted by molar-refractivity contribution is -0.113. The number of thiocarbonyl (C=S) groups is 1. The van der Waals surface area contributed by atoms with Gasteiger partial charge in [0.2, 0.25) is 0 Å². The molecule has 0 spiro atoms. The Labute approximate surface area is 194 Å². The van der Waals surface area contributed by atoms with Crippen LogP contribution in [0.5, 0.6) is 17.2 Å². The minimum Gasteiger partial charge on any atom is -0.508 e. The largest absolute Gasteiger partial charge is 0.508 e. The van der Waals surface area contributed by atoms with Gasteiger partial charge in [0.05, 0.1) is 17.7 Å². The molecule has 0 radical (unpaired) electrons. The fourth-order valence-electron chi connectivity index (χ4n) is 3.08. The van der Waals surface area contributed by atoms with Gasteiger partial charge in [-0.05, 0) is 65.7 Å². The number of anilines is 1. The number of hydrogen-bond acceptors (Lipinski definition) is 6. The molecule has 32 heavy (non-hydrogen) atoms. The van der Waals surface area contributed by atoms with Crippen LogP contribution in [0.2, 0.25) is 0 Å². The highest BCUT2D eigenvalue weighted by atomic mass is 32.2. The second-order valence-electron chi connectivity index (χ2n) is 6.86. The molecule has 1 amide bonds. The number of ether oxygens (including phenoxy) is 2. The van der Waals surface area contributed by atoms with Gasteiger partial charge < -0.3 is 14.6 Å². The standard InChI is InChI=1S/C24H18FNO4S2/c1-29-21-12-16(4-11-20(21)30-14-15-2-5-17(25)6-3-15)13-22-23(28)26(24(31)32-22)18-7-9-19(27)10-8-18/h2-13,27H,14H2,1H3. The van der Waals surface area contributed by atoms with Crippen molar-refractivity contribution in [3.63, 3.8) is 0 Å². The number of carbonyl (C=O) groups is 1. The number of amides is 1. The number of phenols is 1. The SMILES string of the molecule is COc1cc(C=C2SC(=S)N(c3ccc(O)cc3)C2=O)ccc1OCc1ccc(F)cc1. The lowest BCUT2D eigenvalue weighted by atomic mass is 10.1. The molecule has 3 aromatic rings. The average molecular weight is 468 g/mol. The van der Waals surface area contributed by atoms with Crippen LogP contribution in [-0.2, 0) is 11.4 Å². The van der Waals surface area contributed by atoms with Gasteiger partial charge in [-0.3, -0.25) is 9.69 Å². The monoisotopic (exact) mass is 467 g/mol. The Morgan fingerprint density at radius 1 is 1.06 bits per heavy atom. The van der Waals surface area contributed by atoms with Crippen LogP contribution >= 0.6 is 24.0 Å². The Balaban J connectivity index is 1.52. The lowest BCUT2D eigenvalue weighted by Crippen LogP contribution is -2.27. The Hall–Kier alpha value is -3.36. The van der Waals surface area contributed by atoms with Crippen molar-refractivity contribution in [2.45, 2.75) is 6.61 Å². The molecule has 1 heterocycles. The zero-order valence-corrected chi connectivity index (χ0v) is 18.6. The molecule has 0 bridgehead atoms. The average Bonchev–Trinajstić information content (AvgIpc) is 3.07. The smallest absolute Gasteiger partial charge is 0.270 e. The second kappa shape index (κ2) is 9.42. The molecule has 0 atom stereocenters. The summed E-state index contributed by atoms with van der Waals surface area (Å²) in [7, 11) is 1.54. The van der Waals surface area contributed by atoms with E-state index in [1.54, 1.807) is 42.5 Å². The van der Waals surface area contributed by atoms with E-state index in [9.17, 15) is 14.3 Å². The van der Waals surface area contributed by atoms with Crippen molar-refractivity contribution in [3.05, 3.63) is 88.6 Å². The number of benzene rings is 3. The molecule has 1 fully saturated rings. The molecule has 0 aliphatic carbocycles. The molecular weight excluding hydrogens is 449 g/mol. The third-order valence-corrected chi connectivity index (χ3v) is 6.00. The van der Waals surface area contributed by atoms with E-state index >= 15 is 0 Å². The number of rotatable bonds is 6. The molecule has 8 heteroatoms. The van der Waals surface area contributed by atoms with Crippen molar-refractivity contribution in [2.75, 3.05) is 12.0 Å².